The Morgan fingerprint density at radius 3 is 2.67 bits per heavy atom. The number of aryl methyl sites for hydroxylation is 1. The zero-order chi connectivity index (χ0) is 19.0. The van der Waals surface area contributed by atoms with Crippen LogP contribution in [0.3, 0.4) is 0 Å². The summed E-state index contributed by atoms with van der Waals surface area (Å²) in [5.74, 6) is 0. The van der Waals surface area contributed by atoms with Crippen LogP contribution in [-0.4, -0.2) is 9.55 Å². The molecule has 2 aromatic carbocycles. The first-order valence-corrected chi connectivity index (χ1v) is 9.25. The molecule has 0 unspecified atom stereocenters. The Balaban J connectivity index is 1.88. The molecule has 0 saturated heterocycles. The molecule has 0 spiro atoms. The average Bonchev–Trinajstić information content (AvgIpc) is 3.09. The minimum atomic E-state index is -0.452. The van der Waals surface area contributed by atoms with Crippen LogP contribution in [0.4, 0.5) is 0 Å². The molecule has 0 fully saturated rings. The van der Waals surface area contributed by atoms with Crippen LogP contribution in [0, 0.1) is 18.3 Å². The maximum Gasteiger partial charge on any atom is 0.329 e. The predicted molar refractivity (Wildman–Crippen MR) is 107 cm³/mol. The number of nitriles is 1. The van der Waals surface area contributed by atoms with Crippen LogP contribution in [0.15, 0.2) is 63.5 Å². The van der Waals surface area contributed by atoms with Crippen LogP contribution < -0.4 is 11.2 Å². The van der Waals surface area contributed by atoms with Crippen LogP contribution in [0.25, 0.3) is 21.3 Å². The number of aromatic amines is 1. The van der Waals surface area contributed by atoms with Crippen molar-refractivity contribution >= 4 is 21.6 Å². The van der Waals surface area contributed by atoms with E-state index in [-0.39, 0.29) is 12.1 Å². The van der Waals surface area contributed by atoms with Crippen molar-refractivity contribution < 1.29 is 0 Å². The molecule has 2 aromatic heterocycles. The van der Waals surface area contributed by atoms with Crippen LogP contribution >= 0.6 is 11.3 Å². The topological polar surface area (TPSA) is 78.7 Å². The Kier molecular flexibility index (Phi) is 4.22. The summed E-state index contributed by atoms with van der Waals surface area (Å²) in [6, 6.07) is 16.9. The highest BCUT2D eigenvalue weighted by molar-refractivity contribution is 7.17. The van der Waals surface area contributed by atoms with Crippen molar-refractivity contribution in [2.24, 2.45) is 0 Å². The monoisotopic (exact) mass is 373 g/mol. The molecule has 0 aliphatic heterocycles. The van der Waals surface area contributed by atoms with E-state index in [1.54, 1.807) is 24.3 Å². The number of hydrogen-bond donors (Lipinski definition) is 1. The molecule has 4 aromatic rings. The van der Waals surface area contributed by atoms with E-state index in [1.807, 2.05) is 36.6 Å². The fraction of sp³-hybridized carbons (Fsp3) is 0.0952. The maximum absolute atomic E-state index is 13.1. The minimum absolute atomic E-state index is 0.114. The SMILES string of the molecule is Cc1ccc(-c2csc3[nH]c(=O)n(Cc4cccc(C#N)c4)c(=O)c23)cc1. The van der Waals surface area contributed by atoms with Gasteiger partial charge in [0.2, 0.25) is 0 Å². The number of nitrogens with one attached hydrogen (secondary N) is 1. The molecule has 2 heterocycles. The summed E-state index contributed by atoms with van der Waals surface area (Å²) in [6.07, 6.45) is 0. The van der Waals surface area contributed by atoms with Crippen molar-refractivity contribution in [2.45, 2.75) is 13.5 Å². The van der Waals surface area contributed by atoms with Gasteiger partial charge in [0.25, 0.3) is 5.56 Å². The molecule has 1 N–H and O–H groups in total. The summed E-state index contributed by atoms with van der Waals surface area (Å²) in [7, 11) is 0. The van der Waals surface area contributed by atoms with Crippen molar-refractivity contribution in [3.05, 3.63) is 91.4 Å². The molecule has 0 amide bonds. The largest absolute Gasteiger partial charge is 0.329 e. The van der Waals surface area contributed by atoms with Crippen molar-refractivity contribution in [1.29, 1.82) is 5.26 Å². The molecule has 0 radical (unpaired) electrons. The van der Waals surface area contributed by atoms with Crippen molar-refractivity contribution in [2.75, 3.05) is 0 Å². The summed E-state index contributed by atoms with van der Waals surface area (Å²) in [4.78, 5) is 28.9. The Morgan fingerprint density at radius 1 is 1.15 bits per heavy atom. The number of H-pyrrole nitrogens is 1. The zero-order valence-corrected chi connectivity index (χ0v) is 15.3. The van der Waals surface area contributed by atoms with Gasteiger partial charge in [0.15, 0.2) is 0 Å². The molecule has 4 rings (SSSR count). The summed E-state index contributed by atoms with van der Waals surface area (Å²) < 4.78 is 1.18. The summed E-state index contributed by atoms with van der Waals surface area (Å²) in [6.45, 7) is 2.12. The summed E-state index contributed by atoms with van der Waals surface area (Å²) in [5.41, 5.74) is 3.34. The van der Waals surface area contributed by atoms with E-state index >= 15 is 0 Å². The number of hydrogen-bond acceptors (Lipinski definition) is 4. The fourth-order valence-electron chi connectivity index (χ4n) is 3.06. The van der Waals surface area contributed by atoms with Crippen LogP contribution in [0.5, 0.6) is 0 Å². The molecular weight excluding hydrogens is 358 g/mol. The van der Waals surface area contributed by atoms with Gasteiger partial charge in [-0.05, 0) is 30.2 Å². The number of aromatic nitrogens is 2. The first-order valence-electron chi connectivity index (χ1n) is 8.37. The van der Waals surface area contributed by atoms with E-state index in [1.165, 1.54) is 15.9 Å². The summed E-state index contributed by atoms with van der Waals surface area (Å²) >= 11 is 1.35. The Labute approximate surface area is 158 Å². The first-order chi connectivity index (χ1) is 13.1. The number of thiophene rings is 1. The van der Waals surface area contributed by atoms with Crippen LogP contribution in [-0.2, 0) is 6.54 Å². The number of fused-ring (bicyclic) bond motifs is 1. The maximum atomic E-state index is 13.1. The lowest BCUT2D eigenvalue weighted by Crippen LogP contribution is -2.35. The van der Waals surface area contributed by atoms with E-state index in [0.29, 0.717) is 15.8 Å². The second-order valence-corrected chi connectivity index (χ2v) is 7.23. The van der Waals surface area contributed by atoms with Gasteiger partial charge in [0.1, 0.15) is 4.83 Å². The van der Waals surface area contributed by atoms with Gasteiger partial charge in [-0.15, -0.1) is 11.3 Å². The van der Waals surface area contributed by atoms with E-state index in [2.05, 4.69) is 11.1 Å². The highest BCUT2D eigenvalue weighted by atomic mass is 32.1. The van der Waals surface area contributed by atoms with Gasteiger partial charge in [0, 0.05) is 10.9 Å². The predicted octanol–water partition coefficient (Wildman–Crippen LogP) is 3.65. The molecule has 132 valence electrons. The molecule has 6 heteroatoms. The smallest absolute Gasteiger partial charge is 0.298 e. The minimum Gasteiger partial charge on any atom is -0.298 e. The normalized spacial score (nSPS) is 10.8. The van der Waals surface area contributed by atoms with Crippen LogP contribution in [0.2, 0.25) is 0 Å². The van der Waals surface area contributed by atoms with E-state index < -0.39 is 5.69 Å². The lowest BCUT2D eigenvalue weighted by Gasteiger charge is -2.07. The Bertz CT molecular complexity index is 1300. The third-order valence-electron chi connectivity index (χ3n) is 4.48. The Morgan fingerprint density at radius 2 is 1.93 bits per heavy atom. The van der Waals surface area contributed by atoms with Gasteiger partial charge in [0.05, 0.1) is 23.6 Å². The van der Waals surface area contributed by atoms with E-state index in [4.69, 9.17) is 5.26 Å². The second-order valence-electron chi connectivity index (χ2n) is 6.35. The highest BCUT2D eigenvalue weighted by Gasteiger charge is 2.15. The number of rotatable bonds is 3. The zero-order valence-electron chi connectivity index (χ0n) is 14.5. The third-order valence-corrected chi connectivity index (χ3v) is 5.37. The standard InChI is InChI=1S/C21H15N3O2S/c1-13-5-7-16(8-6-13)17-12-27-19-18(17)20(25)24(21(26)23-19)11-15-4-2-3-14(9-15)10-22/h2-9,12H,11H2,1H3,(H,23,26). The first kappa shape index (κ1) is 17.0. The van der Waals surface area contributed by atoms with Crippen molar-refractivity contribution in [3.8, 4) is 17.2 Å². The van der Waals surface area contributed by atoms with Gasteiger partial charge in [-0.3, -0.25) is 14.3 Å². The summed E-state index contributed by atoms with van der Waals surface area (Å²) in [5, 5.41) is 11.5. The lowest BCUT2D eigenvalue weighted by molar-refractivity contribution is 0.713. The van der Waals surface area contributed by atoms with Gasteiger partial charge in [-0.25, -0.2) is 4.79 Å². The van der Waals surface area contributed by atoms with Gasteiger partial charge in [-0.1, -0.05) is 42.0 Å². The quantitative estimate of drug-likeness (QED) is 0.595. The molecule has 0 aliphatic rings. The third kappa shape index (κ3) is 3.09. The van der Waals surface area contributed by atoms with Gasteiger partial charge >= 0.3 is 5.69 Å². The second kappa shape index (κ2) is 6.71. The lowest BCUT2D eigenvalue weighted by atomic mass is 10.0. The molecule has 0 bridgehead atoms. The number of benzene rings is 2. The van der Waals surface area contributed by atoms with Crippen molar-refractivity contribution in [3.63, 3.8) is 0 Å². The highest BCUT2D eigenvalue weighted by Crippen LogP contribution is 2.30. The molecule has 5 nitrogen and oxygen atoms in total. The van der Waals surface area contributed by atoms with E-state index in [0.717, 1.165) is 22.3 Å². The molecule has 0 saturated carbocycles. The molecule has 0 aliphatic carbocycles. The molecular formula is C21H15N3O2S. The van der Waals surface area contributed by atoms with E-state index in [9.17, 15) is 9.59 Å². The average molecular weight is 373 g/mol. The molecule has 27 heavy (non-hydrogen) atoms. The van der Waals surface area contributed by atoms with Gasteiger partial charge in [-0.2, -0.15) is 5.26 Å². The molecule has 0 atom stereocenters. The van der Waals surface area contributed by atoms with Gasteiger partial charge < -0.3 is 0 Å². The van der Waals surface area contributed by atoms with Crippen LogP contribution in [0.1, 0.15) is 16.7 Å². The Hall–Kier alpha value is -3.43. The van der Waals surface area contributed by atoms with Crippen molar-refractivity contribution in [1.82, 2.24) is 9.55 Å². The fourth-order valence-corrected chi connectivity index (χ4v) is 4.02. The number of nitrogens with zero attached hydrogens (tertiary/aromatic N) is 2.